The van der Waals surface area contributed by atoms with Gasteiger partial charge in [0.05, 0.1) is 10.8 Å². The molecule has 1 aliphatic heterocycles. The van der Waals surface area contributed by atoms with Gasteiger partial charge < -0.3 is 5.32 Å². The Hall–Kier alpha value is -2.18. The minimum Gasteiger partial charge on any atom is -0.325 e. The number of anilines is 1. The first kappa shape index (κ1) is 20.6. The minimum atomic E-state index is -3.58. The number of benzene rings is 2. The minimum absolute atomic E-state index is 0.107. The van der Waals surface area contributed by atoms with Crippen LogP contribution in [0.3, 0.4) is 0 Å². The zero-order valence-corrected chi connectivity index (χ0v) is 17.5. The van der Waals surface area contributed by atoms with Gasteiger partial charge >= 0.3 is 0 Å². The summed E-state index contributed by atoms with van der Waals surface area (Å²) in [6.45, 7) is 6.83. The van der Waals surface area contributed by atoms with E-state index in [1.165, 1.54) is 4.31 Å². The third-order valence-electron chi connectivity index (χ3n) is 5.31. The first-order valence-corrected chi connectivity index (χ1v) is 11.2. The zero-order chi connectivity index (χ0) is 20.3. The molecular weight excluding hydrogens is 372 g/mol. The Labute approximate surface area is 167 Å². The topological polar surface area (TPSA) is 66.5 Å². The van der Waals surface area contributed by atoms with Crippen molar-refractivity contribution in [3.8, 4) is 0 Å². The third-order valence-corrected chi connectivity index (χ3v) is 7.19. The molecule has 5 nitrogen and oxygen atoms in total. The molecule has 0 aliphatic carbocycles. The van der Waals surface area contributed by atoms with Crippen molar-refractivity contribution in [3.05, 3.63) is 59.7 Å². The molecule has 0 radical (unpaired) electrons. The Kier molecular flexibility index (Phi) is 6.20. The second-order valence-electron chi connectivity index (χ2n) is 7.70. The van der Waals surface area contributed by atoms with E-state index in [9.17, 15) is 13.2 Å². The first-order chi connectivity index (χ1) is 13.3. The summed E-state index contributed by atoms with van der Waals surface area (Å²) in [5, 5.41) is 3.08. The summed E-state index contributed by atoms with van der Waals surface area (Å²) in [6, 6.07) is 14.4. The number of aryl methyl sites for hydroxylation is 1. The fourth-order valence-electron chi connectivity index (χ4n) is 3.68. The van der Waals surface area contributed by atoms with Crippen LogP contribution < -0.4 is 5.32 Å². The molecular formula is C22H28N2O3S. The van der Waals surface area contributed by atoms with Crippen molar-refractivity contribution in [2.45, 2.75) is 44.4 Å². The Balaban J connectivity index is 1.78. The smallest absolute Gasteiger partial charge is 0.243 e. The average Bonchev–Trinajstić information content (AvgIpc) is 2.70. The van der Waals surface area contributed by atoms with Crippen LogP contribution in [0.1, 0.15) is 43.7 Å². The summed E-state index contributed by atoms with van der Waals surface area (Å²) in [7, 11) is -3.58. The number of carbonyl (C=O) groups excluding carboxylic acids is 1. The maximum atomic E-state index is 13.0. The van der Waals surface area contributed by atoms with Crippen LogP contribution >= 0.6 is 0 Å². The van der Waals surface area contributed by atoms with Gasteiger partial charge in [-0.05, 0) is 48.9 Å². The molecule has 1 aliphatic rings. The number of sulfonamides is 1. The number of amides is 1. The zero-order valence-electron chi connectivity index (χ0n) is 16.7. The van der Waals surface area contributed by atoms with Gasteiger partial charge in [0.25, 0.3) is 0 Å². The Morgan fingerprint density at radius 1 is 1.11 bits per heavy atom. The maximum absolute atomic E-state index is 13.0. The summed E-state index contributed by atoms with van der Waals surface area (Å²) in [5.74, 6) is -0.174. The van der Waals surface area contributed by atoms with Gasteiger partial charge in [0, 0.05) is 18.8 Å². The molecule has 0 bridgehead atoms. The number of carbonyl (C=O) groups is 1. The molecule has 2 aromatic rings. The summed E-state index contributed by atoms with van der Waals surface area (Å²) < 4.78 is 27.3. The summed E-state index contributed by atoms with van der Waals surface area (Å²) in [4.78, 5) is 13.2. The van der Waals surface area contributed by atoms with Gasteiger partial charge in [-0.3, -0.25) is 4.79 Å². The summed E-state index contributed by atoms with van der Waals surface area (Å²) >= 11 is 0. The quantitative estimate of drug-likeness (QED) is 0.820. The Morgan fingerprint density at radius 3 is 2.50 bits per heavy atom. The van der Waals surface area contributed by atoms with E-state index >= 15 is 0 Å². The van der Waals surface area contributed by atoms with E-state index in [4.69, 9.17) is 0 Å². The molecule has 1 amide bonds. The summed E-state index contributed by atoms with van der Waals surface area (Å²) in [6.07, 6.45) is 1.37. The summed E-state index contributed by atoms with van der Waals surface area (Å²) in [5.41, 5.74) is 2.97. The molecule has 0 aromatic heterocycles. The van der Waals surface area contributed by atoms with Crippen molar-refractivity contribution in [1.29, 1.82) is 0 Å². The molecule has 6 heteroatoms. The van der Waals surface area contributed by atoms with Crippen LogP contribution in [0.5, 0.6) is 0 Å². The van der Waals surface area contributed by atoms with Crippen molar-refractivity contribution < 1.29 is 13.2 Å². The number of nitrogens with one attached hydrogen (secondary N) is 1. The molecule has 0 saturated carbocycles. The third kappa shape index (κ3) is 4.28. The van der Waals surface area contributed by atoms with Crippen LogP contribution in [-0.2, 0) is 14.8 Å². The second kappa shape index (κ2) is 8.45. The van der Waals surface area contributed by atoms with Crippen molar-refractivity contribution in [1.82, 2.24) is 4.31 Å². The maximum Gasteiger partial charge on any atom is 0.243 e. The Morgan fingerprint density at radius 2 is 1.82 bits per heavy atom. The standard InChI is InChI=1S/C22H28N2O3S/c1-16(2)20-13-7-9-17(3)21(20)23-22(25)18-10-8-14-24(15-18)28(26,27)19-11-5-4-6-12-19/h4-7,9,11-13,16,18H,8,10,14-15H2,1-3H3,(H,23,25)/t18-/m0/s1. The van der Waals surface area contributed by atoms with Crippen LogP contribution in [0.2, 0.25) is 0 Å². The predicted molar refractivity (Wildman–Crippen MR) is 112 cm³/mol. The molecule has 1 atom stereocenters. The number of piperidine rings is 1. The fraction of sp³-hybridized carbons (Fsp3) is 0.409. The SMILES string of the molecule is Cc1cccc(C(C)C)c1NC(=O)[C@H]1CCCN(S(=O)(=O)c2ccccc2)C1. The van der Waals surface area contributed by atoms with E-state index in [0.29, 0.717) is 19.4 Å². The molecule has 28 heavy (non-hydrogen) atoms. The molecule has 150 valence electrons. The molecule has 1 N–H and O–H groups in total. The number of para-hydroxylation sites is 1. The predicted octanol–water partition coefficient (Wildman–Crippen LogP) is 4.16. The van der Waals surface area contributed by atoms with Crippen LogP contribution in [0.25, 0.3) is 0 Å². The van der Waals surface area contributed by atoms with E-state index in [1.54, 1.807) is 30.3 Å². The van der Waals surface area contributed by atoms with Gasteiger partial charge in [0.15, 0.2) is 0 Å². The molecule has 1 heterocycles. The lowest BCUT2D eigenvalue weighted by atomic mass is 9.95. The van der Waals surface area contributed by atoms with Crippen molar-refractivity contribution in [2.75, 3.05) is 18.4 Å². The molecule has 1 fully saturated rings. The molecule has 3 rings (SSSR count). The number of hydrogen-bond acceptors (Lipinski definition) is 3. The van der Waals surface area contributed by atoms with Crippen molar-refractivity contribution in [3.63, 3.8) is 0 Å². The lowest BCUT2D eigenvalue weighted by molar-refractivity contribution is -0.120. The van der Waals surface area contributed by atoms with Gasteiger partial charge in [-0.2, -0.15) is 4.31 Å². The van der Waals surface area contributed by atoms with Crippen molar-refractivity contribution >= 4 is 21.6 Å². The van der Waals surface area contributed by atoms with E-state index in [-0.39, 0.29) is 29.2 Å². The van der Waals surface area contributed by atoms with Gasteiger partial charge in [-0.25, -0.2) is 8.42 Å². The lowest BCUT2D eigenvalue weighted by Gasteiger charge is -2.31. The fourth-order valence-corrected chi connectivity index (χ4v) is 5.23. The Bertz CT molecular complexity index is 940. The normalized spacial score (nSPS) is 18.2. The van der Waals surface area contributed by atoms with Gasteiger partial charge in [0.1, 0.15) is 0 Å². The highest BCUT2D eigenvalue weighted by atomic mass is 32.2. The number of nitrogens with zero attached hydrogens (tertiary/aromatic N) is 1. The first-order valence-electron chi connectivity index (χ1n) is 9.76. The van der Waals surface area contributed by atoms with E-state index < -0.39 is 10.0 Å². The van der Waals surface area contributed by atoms with Crippen LogP contribution in [0, 0.1) is 12.8 Å². The highest BCUT2D eigenvalue weighted by molar-refractivity contribution is 7.89. The average molecular weight is 401 g/mol. The molecule has 2 aromatic carbocycles. The van der Waals surface area contributed by atoms with Gasteiger partial charge in [-0.1, -0.05) is 50.2 Å². The highest BCUT2D eigenvalue weighted by Gasteiger charge is 2.33. The van der Waals surface area contributed by atoms with Crippen LogP contribution in [0.4, 0.5) is 5.69 Å². The molecule has 0 unspecified atom stereocenters. The second-order valence-corrected chi connectivity index (χ2v) is 9.64. The van der Waals surface area contributed by atoms with Crippen molar-refractivity contribution in [2.24, 2.45) is 5.92 Å². The van der Waals surface area contributed by atoms with Crippen LogP contribution in [0.15, 0.2) is 53.4 Å². The van der Waals surface area contributed by atoms with E-state index in [0.717, 1.165) is 16.8 Å². The highest BCUT2D eigenvalue weighted by Crippen LogP contribution is 2.29. The van der Waals surface area contributed by atoms with E-state index in [2.05, 4.69) is 19.2 Å². The lowest BCUT2D eigenvalue weighted by Crippen LogP contribution is -2.43. The van der Waals surface area contributed by atoms with E-state index in [1.807, 2.05) is 25.1 Å². The van der Waals surface area contributed by atoms with Gasteiger partial charge in [0.2, 0.25) is 15.9 Å². The van der Waals surface area contributed by atoms with Gasteiger partial charge in [-0.15, -0.1) is 0 Å². The molecule has 0 spiro atoms. The van der Waals surface area contributed by atoms with Crippen LogP contribution in [-0.4, -0.2) is 31.7 Å². The number of rotatable bonds is 5. The monoisotopic (exact) mass is 400 g/mol. The largest absolute Gasteiger partial charge is 0.325 e. The molecule has 1 saturated heterocycles. The number of hydrogen-bond donors (Lipinski definition) is 1.